The molecule has 0 aromatic heterocycles. The van der Waals surface area contributed by atoms with E-state index in [-0.39, 0.29) is 24.5 Å². The van der Waals surface area contributed by atoms with Gasteiger partial charge in [-0.15, -0.1) is 0 Å². The van der Waals surface area contributed by atoms with Gasteiger partial charge in [0.15, 0.2) is 0 Å². The van der Waals surface area contributed by atoms with E-state index in [0.717, 1.165) is 0 Å². The normalized spacial score (nSPS) is 14.9. The Morgan fingerprint density at radius 1 is 0.636 bits per heavy atom. The van der Waals surface area contributed by atoms with Gasteiger partial charge in [0.05, 0.1) is 12.8 Å². The van der Waals surface area contributed by atoms with Crippen LogP contribution in [0.15, 0.2) is 24.3 Å². The Morgan fingerprint density at radius 3 is 1.56 bits per heavy atom. The van der Waals surface area contributed by atoms with Crippen molar-refractivity contribution < 1.29 is 58.5 Å². The number of primary amides is 1. The molecule has 7 atom stereocenters. The highest BCUT2D eigenvalue weighted by molar-refractivity contribution is 5.99. The molecule has 0 radical (unpaired) electrons. The summed E-state index contributed by atoms with van der Waals surface area (Å²) in [5.41, 5.74) is 5.94. The molecule has 7 unspecified atom stereocenters. The largest absolute Gasteiger partial charge is 0.508 e. The first-order valence-corrected chi connectivity index (χ1v) is 17.9. The summed E-state index contributed by atoms with van der Waals surface area (Å²) in [5.74, 6) is -10.6. The first-order chi connectivity index (χ1) is 25.5. The number of hydrogen-bond acceptors (Lipinski definition) is 10. The Morgan fingerprint density at radius 2 is 1.11 bits per heavy atom. The summed E-state index contributed by atoms with van der Waals surface area (Å²) >= 11 is 0. The summed E-state index contributed by atoms with van der Waals surface area (Å²) in [6.07, 6.45) is -1.44. The molecule has 0 heterocycles. The number of carboxylic acid groups (broad SMARTS) is 2. The molecule has 1 aromatic carbocycles. The van der Waals surface area contributed by atoms with Gasteiger partial charge < -0.3 is 53.0 Å². The fourth-order valence-electron chi connectivity index (χ4n) is 5.35. The van der Waals surface area contributed by atoms with Gasteiger partial charge in [-0.25, -0.2) is 4.79 Å². The molecule has 11 N–H and O–H groups in total. The maximum absolute atomic E-state index is 13.7. The maximum Gasteiger partial charge on any atom is 0.326 e. The monoisotopic (exact) mass is 777 g/mol. The number of carbonyl (C=O) groups excluding carboxylic acids is 7. The second-order valence-corrected chi connectivity index (χ2v) is 14.1. The Kier molecular flexibility index (Phi) is 19.3. The second-order valence-electron chi connectivity index (χ2n) is 14.1. The summed E-state index contributed by atoms with van der Waals surface area (Å²) in [7, 11) is 0. The fourth-order valence-corrected chi connectivity index (χ4v) is 5.35. The topological polar surface area (TPSA) is 313 Å². The zero-order chi connectivity index (χ0) is 42.2. The van der Waals surface area contributed by atoms with Crippen LogP contribution >= 0.6 is 0 Å². The standard InChI is InChI=1S/C36H55N7O12/c1-8-19(6)30(43-34(52)29(18(4)5)42-33(51)23(38-20(7)44)14-21-9-11-22(45)12-10-21)35(53)40-24(15-27(37)46)31(49)39-25(16-28(47)48)32(50)41-26(36(54)55)13-17(2)3/h9-12,17-19,23-26,29-30,45H,8,13-16H2,1-7H3,(H2,37,46)(H,38,44)(H,39,49)(H,40,53)(H,41,50)(H,42,51)(H,43,52)(H,47,48)(H,54,55). The number of carbonyl (C=O) groups is 9. The van der Waals surface area contributed by atoms with Gasteiger partial charge in [0, 0.05) is 13.3 Å². The highest BCUT2D eigenvalue weighted by Gasteiger charge is 2.36. The number of aromatic hydroxyl groups is 1. The molecule has 19 heteroatoms. The number of benzene rings is 1. The number of carboxylic acids is 2. The van der Waals surface area contributed by atoms with E-state index in [9.17, 15) is 58.5 Å². The quantitative estimate of drug-likeness (QED) is 0.0643. The van der Waals surface area contributed by atoms with E-state index in [1.54, 1.807) is 53.7 Å². The number of amides is 7. The van der Waals surface area contributed by atoms with Gasteiger partial charge in [0.25, 0.3) is 0 Å². The molecule has 1 rings (SSSR count). The first kappa shape index (κ1) is 47.3. The Hall–Kier alpha value is -5.75. The molecule has 0 aliphatic heterocycles. The molecule has 55 heavy (non-hydrogen) atoms. The number of aliphatic carboxylic acids is 2. The van der Waals surface area contributed by atoms with Gasteiger partial charge >= 0.3 is 11.9 Å². The van der Waals surface area contributed by atoms with Crippen molar-refractivity contribution in [1.82, 2.24) is 31.9 Å². The Labute approximate surface area is 319 Å². The molecule has 306 valence electrons. The minimum absolute atomic E-state index is 0.000252. The minimum atomic E-state index is -1.82. The van der Waals surface area contributed by atoms with Crippen molar-refractivity contribution in [1.29, 1.82) is 0 Å². The number of nitrogens with two attached hydrogens (primary N) is 1. The van der Waals surface area contributed by atoms with Crippen molar-refractivity contribution in [2.75, 3.05) is 0 Å². The molecule has 0 saturated heterocycles. The molecule has 0 fully saturated rings. The lowest BCUT2D eigenvalue weighted by Gasteiger charge is -2.30. The van der Waals surface area contributed by atoms with Crippen molar-refractivity contribution in [2.24, 2.45) is 23.5 Å². The number of nitrogens with one attached hydrogen (secondary N) is 6. The van der Waals surface area contributed by atoms with Gasteiger partial charge in [-0.1, -0.05) is 60.1 Å². The van der Waals surface area contributed by atoms with E-state index < -0.39 is 114 Å². The van der Waals surface area contributed by atoms with Crippen LogP contribution in [-0.4, -0.2) is 105 Å². The van der Waals surface area contributed by atoms with Crippen LogP contribution in [0.4, 0.5) is 0 Å². The van der Waals surface area contributed by atoms with E-state index in [2.05, 4.69) is 31.9 Å². The lowest BCUT2D eigenvalue weighted by molar-refractivity contribution is -0.144. The number of phenolic OH excluding ortho intramolecular Hbond substituents is 1. The Balaban J connectivity index is 3.30. The van der Waals surface area contributed by atoms with E-state index >= 15 is 0 Å². The molecule has 19 nitrogen and oxygen atoms in total. The molecular weight excluding hydrogens is 722 g/mol. The average molecular weight is 778 g/mol. The zero-order valence-electron chi connectivity index (χ0n) is 32.1. The van der Waals surface area contributed by atoms with Gasteiger partial charge in [0.1, 0.15) is 42.0 Å². The summed E-state index contributed by atoms with van der Waals surface area (Å²) in [6.45, 7) is 11.2. The molecular formula is C36H55N7O12. The van der Waals surface area contributed by atoms with Crippen LogP contribution in [0.2, 0.25) is 0 Å². The lowest BCUT2D eigenvalue weighted by atomic mass is 9.95. The van der Waals surface area contributed by atoms with E-state index in [1.807, 2.05) is 0 Å². The second kappa shape index (κ2) is 22.5. The summed E-state index contributed by atoms with van der Waals surface area (Å²) in [5, 5.41) is 43.0. The highest BCUT2D eigenvalue weighted by Crippen LogP contribution is 2.14. The van der Waals surface area contributed by atoms with Crippen molar-refractivity contribution in [3.8, 4) is 5.75 Å². The number of phenols is 1. The van der Waals surface area contributed by atoms with Crippen LogP contribution in [0.5, 0.6) is 5.75 Å². The van der Waals surface area contributed by atoms with E-state index in [0.29, 0.717) is 12.0 Å². The summed E-state index contributed by atoms with van der Waals surface area (Å²) in [4.78, 5) is 114. The lowest BCUT2D eigenvalue weighted by Crippen LogP contribution is -2.61. The van der Waals surface area contributed by atoms with Crippen LogP contribution in [-0.2, 0) is 49.6 Å². The van der Waals surface area contributed by atoms with Crippen LogP contribution in [0.1, 0.15) is 79.7 Å². The minimum Gasteiger partial charge on any atom is -0.508 e. The van der Waals surface area contributed by atoms with Gasteiger partial charge in [0.2, 0.25) is 41.4 Å². The molecule has 0 bridgehead atoms. The SMILES string of the molecule is CCC(C)C(NC(=O)C(NC(=O)C(Cc1ccc(O)cc1)NC(C)=O)C(C)C)C(=O)NC(CC(N)=O)C(=O)NC(CC(=O)O)C(=O)NC(CC(C)C)C(=O)O. The Bertz CT molecular complexity index is 1550. The van der Waals surface area contributed by atoms with Crippen molar-refractivity contribution >= 4 is 53.3 Å². The first-order valence-electron chi connectivity index (χ1n) is 17.9. The maximum atomic E-state index is 13.7. The summed E-state index contributed by atoms with van der Waals surface area (Å²) < 4.78 is 0. The molecule has 0 aliphatic carbocycles. The molecule has 0 aliphatic rings. The average Bonchev–Trinajstić information content (AvgIpc) is 3.07. The van der Waals surface area contributed by atoms with Crippen LogP contribution in [0, 0.1) is 17.8 Å². The van der Waals surface area contributed by atoms with Gasteiger partial charge in [-0.3, -0.25) is 38.4 Å². The molecule has 0 saturated carbocycles. The van der Waals surface area contributed by atoms with Crippen LogP contribution < -0.4 is 37.6 Å². The molecule has 1 aromatic rings. The predicted octanol–water partition coefficient (Wildman–Crippen LogP) is -0.954. The third-order valence-electron chi connectivity index (χ3n) is 8.48. The molecule has 0 spiro atoms. The van der Waals surface area contributed by atoms with Crippen LogP contribution in [0.3, 0.4) is 0 Å². The zero-order valence-corrected chi connectivity index (χ0v) is 32.1. The smallest absolute Gasteiger partial charge is 0.326 e. The van der Waals surface area contributed by atoms with Crippen molar-refractivity contribution in [3.63, 3.8) is 0 Å². The highest BCUT2D eigenvalue weighted by atomic mass is 16.4. The number of rotatable bonds is 23. The van der Waals surface area contributed by atoms with E-state index in [1.165, 1.54) is 19.1 Å². The van der Waals surface area contributed by atoms with Gasteiger partial charge in [-0.05, 0) is 41.9 Å². The third-order valence-corrected chi connectivity index (χ3v) is 8.48. The number of hydrogen-bond donors (Lipinski definition) is 10. The summed E-state index contributed by atoms with van der Waals surface area (Å²) in [6, 6.07) is -2.73. The van der Waals surface area contributed by atoms with Crippen molar-refractivity contribution in [2.45, 2.75) is 117 Å². The van der Waals surface area contributed by atoms with Crippen molar-refractivity contribution in [3.05, 3.63) is 29.8 Å². The van der Waals surface area contributed by atoms with Crippen LogP contribution in [0.25, 0.3) is 0 Å². The molecule has 7 amide bonds. The van der Waals surface area contributed by atoms with Gasteiger partial charge in [-0.2, -0.15) is 0 Å². The van der Waals surface area contributed by atoms with E-state index in [4.69, 9.17) is 5.73 Å². The third kappa shape index (κ3) is 16.9. The fraction of sp³-hybridized carbons (Fsp3) is 0.583. The predicted molar refractivity (Wildman–Crippen MR) is 197 cm³/mol.